The summed E-state index contributed by atoms with van der Waals surface area (Å²) in [6.45, 7) is 3.81. The van der Waals surface area contributed by atoms with E-state index in [4.69, 9.17) is 5.73 Å². The van der Waals surface area contributed by atoms with Crippen molar-refractivity contribution in [2.24, 2.45) is 5.73 Å². The van der Waals surface area contributed by atoms with E-state index in [1.165, 1.54) is 69.3 Å². The van der Waals surface area contributed by atoms with Crippen molar-refractivity contribution in [1.82, 2.24) is 4.90 Å². The van der Waals surface area contributed by atoms with E-state index in [9.17, 15) is 0 Å². The van der Waals surface area contributed by atoms with Crippen LogP contribution in [-0.4, -0.2) is 24.5 Å². The number of hydrogen-bond acceptors (Lipinski definition) is 2. The van der Waals surface area contributed by atoms with Crippen LogP contribution in [-0.2, 0) is 12.0 Å². The molecule has 1 aromatic carbocycles. The minimum Gasteiger partial charge on any atom is -0.321 e. The van der Waals surface area contributed by atoms with Crippen LogP contribution in [0.25, 0.3) is 0 Å². The highest BCUT2D eigenvalue weighted by Crippen LogP contribution is 2.36. The van der Waals surface area contributed by atoms with Gasteiger partial charge in [0.15, 0.2) is 0 Å². The topological polar surface area (TPSA) is 29.3 Å². The average Bonchev–Trinajstić information content (AvgIpc) is 2.95. The molecule has 20 heavy (non-hydrogen) atoms. The summed E-state index contributed by atoms with van der Waals surface area (Å²) in [4.78, 5) is 2.61. The number of nitrogens with zero attached hydrogens (tertiary/aromatic N) is 1. The van der Waals surface area contributed by atoms with Crippen molar-refractivity contribution in [2.75, 3.05) is 19.6 Å². The van der Waals surface area contributed by atoms with Crippen LogP contribution >= 0.6 is 0 Å². The van der Waals surface area contributed by atoms with Gasteiger partial charge in [-0.05, 0) is 56.3 Å². The minimum atomic E-state index is -0.0363. The first-order chi connectivity index (χ1) is 9.76. The van der Waals surface area contributed by atoms with Crippen LogP contribution in [0.4, 0.5) is 0 Å². The van der Waals surface area contributed by atoms with Crippen molar-refractivity contribution < 1.29 is 0 Å². The Morgan fingerprint density at radius 3 is 2.20 bits per heavy atom. The molecule has 1 aliphatic carbocycles. The normalized spacial score (nSPS) is 23.1. The predicted octanol–water partition coefficient (Wildman–Crippen LogP) is 3.44. The fourth-order valence-corrected chi connectivity index (χ4v) is 3.77. The van der Waals surface area contributed by atoms with Crippen molar-refractivity contribution in [1.29, 1.82) is 0 Å². The third-order valence-corrected chi connectivity index (χ3v) is 5.19. The molecule has 1 aliphatic heterocycles. The Labute approximate surface area is 123 Å². The van der Waals surface area contributed by atoms with Crippen LogP contribution in [0.15, 0.2) is 24.3 Å². The minimum absolute atomic E-state index is 0.0363. The Kier molecular flexibility index (Phi) is 4.42. The van der Waals surface area contributed by atoms with E-state index in [2.05, 4.69) is 29.2 Å². The van der Waals surface area contributed by atoms with Crippen molar-refractivity contribution >= 4 is 0 Å². The van der Waals surface area contributed by atoms with Crippen molar-refractivity contribution in [3.63, 3.8) is 0 Å². The van der Waals surface area contributed by atoms with E-state index >= 15 is 0 Å². The maximum Gasteiger partial charge on any atom is 0.0409 e. The zero-order valence-corrected chi connectivity index (χ0v) is 12.6. The standard InChI is InChI=1S/C18H28N2/c19-18(11-2-3-12-18)17-8-6-16(7-9-17)10-15-20-13-4-1-5-14-20/h6-9H,1-5,10-15,19H2. The summed E-state index contributed by atoms with van der Waals surface area (Å²) in [5.74, 6) is 0. The molecule has 2 aliphatic rings. The van der Waals surface area contributed by atoms with Crippen LogP contribution in [0, 0.1) is 0 Å². The second-order valence-corrected chi connectivity index (χ2v) is 6.71. The van der Waals surface area contributed by atoms with Gasteiger partial charge in [0.1, 0.15) is 0 Å². The molecule has 2 heteroatoms. The first-order valence-electron chi connectivity index (χ1n) is 8.37. The lowest BCUT2D eigenvalue weighted by atomic mass is 9.89. The van der Waals surface area contributed by atoms with Gasteiger partial charge < -0.3 is 10.6 Å². The zero-order valence-electron chi connectivity index (χ0n) is 12.6. The molecule has 1 heterocycles. The molecular formula is C18H28N2. The van der Waals surface area contributed by atoms with Crippen LogP contribution in [0.5, 0.6) is 0 Å². The van der Waals surface area contributed by atoms with E-state index in [1.54, 1.807) is 0 Å². The van der Waals surface area contributed by atoms with E-state index < -0.39 is 0 Å². The van der Waals surface area contributed by atoms with Gasteiger partial charge in [-0.1, -0.05) is 43.5 Å². The van der Waals surface area contributed by atoms with Crippen molar-refractivity contribution in [3.05, 3.63) is 35.4 Å². The SMILES string of the molecule is NC1(c2ccc(CCN3CCCCC3)cc2)CCCC1. The molecule has 3 rings (SSSR count). The fraction of sp³-hybridized carbons (Fsp3) is 0.667. The van der Waals surface area contributed by atoms with Crippen molar-refractivity contribution in [2.45, 2.75) is 56.9 Å². The quantitative estimate of drug-likeness (QED) is 0.909. The summed E-state index contributed by atoms with van der Waals surface area (Å²) in [6.07, 6.45) is 10.2. The molecule has 0 aromatic heterocycles. The van der Waals surface area contributed by atoms with Crippen molar-refractivity contribution in [3.8, 4) is 0 Å². The van der Waals surface area contributed by atoms with Crippen LogP contribution in [0.3, 0.4) is 0 Å². The summed E-state index contributed by atoms with van der Waals surface area (Å²) >= 11 is 0. The number of hydrogen-bond donors (Lipinski definition) is 1. The zero-order chi connectivity index (χ0) is 13.8. The smallest absolute Gasteiger partial charge is 0.0409 e. The summed E-state index contributed by atoms with van der Waals surface area (Å²) in [7, 11) is 0. The largest absolute Gasteiger partial charge is 0.321 e. The Morgan fingerprint density at radius 1 is 0.900 bits per heavy atom. The Morgan fingerprint density at radius 2 is 1.55 bits per heavy atom. The molecule has 0 spiro atoms. The molecule has 0 bridgehead atoms. The molecule has 110 valence electrons. The Balaban J connectivity index is 1.55. The van der Waals surface area contributed by atoms with Gasteiger partial charge in [-0.3, -0.25) is 0 Å². The molecule has 1 saturated heterocycles. The molecule has 1 saturated carbocycles. The lowest BCUT2D eigenvalue weighted by Gasteiger charge is -2.27. The number of piperidine rings is 1. The van der Waals surface area contributed by atoms with E-state index in [0.717, 1.165) is 12.8 Å². The highest BCUT2D eigenvalue weighted by atomic mass is 15.1. The first-order valence-corrected chi connectivity index (χ1v) is 8.37. The summed E-state index contributed by atoms with van der Waals surface area (Å²) in [5, 5.41) is 0. The molecule has 0 radical (unpaired) electrons. The highest BCUT2D eigenvalue weighted by Gasteiger charge is 2.30. The Hall–Kier alpha value is -0.860. The predicted molar refractivity (Wildman–Crippen MR) is 84.8 cm³/mol. The van der Waals surface area contributed by atoms with Gasteiger partial charge in [0.2, 0.25) is 0 Å². The van der Waals surface area contributed by atoms with E-state index in [-0.39, 0.29) is 5.54 Å². The molecule has 0 amide bonds. The van der Waals surface area contributed by atoms with E-state index in [0.29, 0.717) is 0 Å². The summed E-state index contributed by atoms with van der Waals surface area (Å²) < 4.78 is 0. The summed E-state index contributed by atoms with van der Waals surface area (Å²) in [6, 6.07) is 9.14. The maximum atomic E-state index is 6.51. The van der Waals surface area contributed by atoms with Gasteiger partial charge in [0.05, 0.1) is 0 Å². The number of likely N-dealkylation sites (tertiary alicyclic amines) is 1. The number of nitrogens with two attached hydrogens (primary N) is 1. The van der Waals surface area contributed by atoms with Crippen LogP contribution < -0.4 is 5.73 Å². The molecule has 2 N–H and O–H groups in total. The van der Waals surface area contributed by atoms with Crippen LogP contribution in [0.1, 0.15) is 56.1 Å². The van der Waals surface area contributed by atoms with Gasteiger partial charge in [0.25, 0.3) is 0 Å². The number of rotatable bonds is 4. The van der Waals surface area contributed by atoms with Gasteiger partial charge in [-0.2, -0.15) is 0 Å². The Bertz CT molecular complexity index is 412. The monoisotopic (exact) mass is 272 g/mol. The molecule has 2 fully saturated rings. The second kappa shape index (κ2) is 6.28. The average molecular weight is 272 g/mol. The van der Waals surface area contributed by atoms with Gasteiger partial charge in [0, 0.05) is 12.1 Å². The third-order valence-electron chi connectivity index (χ3n) is 5.19. The molecule has 0 unspecified atom stereocenters. The molecule has 1 aromatic rings. The fourth-order valence-electron chi connectivity index (χ4n) is 3.77. The maximum absolute atomic E-state index is 6.51. The highest BCUT2D eigenvalue weighted by molar-refractivity contribution is 5.29. The lowest BCUT2D eigenvalue weighted by molar-refractivity contribution is 0.231. The molecular weight excluding hydrogens is 244 g/mol. The van der Waals surface area contributed by atoms with Gasteiger partial charge >= 0.3 is 0 Å². The van der Waals surface area contributed by atoms with E-state index in [1.807, 2.05) is 0 Å². The molecule has 0 atom stereocenters. The third kappa shape index (κ3) is 3.24. The molecule has 2 nitrogen and oxygen atoms in total. The van der Waals surface area contributed by atoms with Gasteiger partial charge in [-0.15, -0.1) is 0 Å². The second-order valence-electron chi connectivity index (χ2n) is 6.71. The first kappa shape index (κ1) is 14.1. The van der Waals surface area contributed by atoms with Crippen LogP contribution in [0.2, 0.25) is 0 Å². The van der Waals surface area contributed by atoms with Gasteiger partial charge in [-0.25, -0.2) is 0 Å². The number of benzene rings is 1. The lowest BCUT2D eigenvalue weighted by Crippen LogP contribution is -2.33. The summed E-state index contributed by atoms with van der Waals surface area (Å²) in [5.41, 5.74) is 9.28.